The molecule has 0 bridgehead atoms. The molecule has 0 aliphatic carbocycles. The first-order chi connectivity index (χ1) is 8.58. The van der Waals surface area contributed by atoms with Gasteiger partial charge in [0, 0.05) is 16.8 Å². The standard InChI is InChI=1S/C14H11ClFNO/c1-9-6-11(15)7-10(14(9)18)8-17-13-5-3-2-4-12(13)16/h2-8,18H,1H3. The fraction of sp³-hybridized carbons (Fsp3) is 0.0714. The maximum absolute atomic E-state index is 13.3. The van der Waals surface area contributed by atoms with Crippen LogP contribution < -0.4 is 0 Å². The van der Waals surface area contributed by atoms with E-state index in [2.05, 4.69) is 4.99 Å². The summed E-state index contributed by atoms with van der Waals surface area (Å²) in [7, 11) is 0. The number of halogens is 2. The highest BCUT2D eigenvalue weighted by molar-refractivity contribution is 6.31. The lowest BCUT2D eigenvalue weighted by molar-refractivity contribution is 0.470. The third kappa shape index (κ3) is 2.68. The number of phenols is 1. The number of aromatic hydroxyl groups is 1. The average molecular weight is 264 g/mol. The SMILES string of the molecule is Cc1cc(Cl)cc(C=Nc2ccccc2F)c1O. The molecule has 0 radical (unpaired) electrons. The third-order valence-electron chi connectivity index (χ3n) is 2.49. The number of aliphatic imine (C=N–C) groups is 1. The van der Waals surface area contributed by atoms with Crippen LogP contribution in [-0.2, 0) is 0 Å². The van der Waals surface area contributed by atoms with E-state index in [1.165, 1.54) is 12.3 Å². The van der Waals surface area contributed by atoms with Crippen molar-refractivity contribution < 1.29 is 9.50 Å². The van der Waals surface area contributed by atoms with Crippen LogP contribution in [0.25, 0.3) is 0 Å². The van der Waals surface area contributed by atoms with Crippen LogP contribution in [0, 0.1) is 12.7 Å². The van der Waals surface area contributed by atoms with E-state index in [0.29, 0.717) is 16.1 Å². The highest BCUT2D eigenvalue weighted by Gasteiger charge is 2.04. The third-order valence-corrected chi connectivity index (χ3v) is 2.71. The molecule has 0 atom stereocenters. The summed E-state index contributed by atoms with van der Waals surface area (Å²) in [5.41, 5.74) is 1.33. The van der Waals surface area contributed by atoms with Gasteiger partial charge in [-0.2, -0.15) is 0 Å². The smallest absolute Gasteiger partial charge is 0.148 e. The van der Waals surface area contributed by atoms with Crippen LogP contribution in [0.15, 0.2) is 41.4 Å². The molecule has 0 saturated heterocycles. The lowest BCUT2D eigenvalue weighted by Crippen LogP contribution is -1.86. The van der Waals surface area contributed by atoms with Gasteiger partial charge in [0.05, 0.1) is 5.69 Å². The second-order valence-corrected chi connectivity index (χ2v) is 4.31. The summed E-state index contributed by atoms with van der Waals surface area (Å²) in [6, 6.07) is 9.40. The van der Waals surface area contributed by atoms with Crippen LogP contribution in [0.3, 0.4) is 0 Å². The Labute approximate surface area is 109 Å². The van der Waals surface area contributed by atoms with Crippen molar-refractivity contribution in [1.29, 1.82) is 0 Å². The largest absolute Gasteiger partial charge is 0.507 e. The summed E-state index contributed by atoms with van der Waals surface area (Å²) in [5.74, 6) is -0.313. The van der Waals surface area contributed by atoms with Crippen LogP contribution >= 0.6 is 11.6 Å². The summed E-state index contributed by atoms with van der Waals surface area (Å²) in [6.07, 6.45) is 1.40. The van der Waals surface area contributed by atoms with E-state index < -0.39 is 5.82 Å². The molecular weight excluding hydrogens is 253 g/mol. The number of nitrogens with zero attached hydrogens (tertiary/aromatic N) is 1. The first kappa shape index (κ1) is 12.6. The molecule has 0 aliphatic heterocycles. The summed E-state index contributed by atoms with van der Waals surface area (Å²) in [6.45, 7) is 1.74. The van der Waals surface area contributed by atoms with Gasteiger partial charge in [-0.1, -0.05) is 23.7 Å². The molecular formula is C14H11ClFNO. The Morgan fingerprint density at radius 2 is 2.00 bits per heavy atom. The Morgan fingerprint density at radius 1 is 1.28 bits per heavy atom. The molecule has 0 saturated carbocycles. The van der Waals surface area contributed by atoms with E-state index in [0.717, 1.165) is 0 Å². The maximum atomic E-state index is 13.3. The molecule has 0 heterocycles. The van der Waals surface area contributed by atoms with Gasteiger partial charge < -0.3 is 5.11 Å². The lowest BCUT2D eigenvalue weighted by Gasteiger charge is -2.03. The van der Waals surface area contributed by atoms with Crippen molar-refractivity contribution in [3.63, 3.8) is 0 Å². The summed E-state index contributed by atoms with van der Waals surface area (Å²) >= 11 is 5.89. The number of aryl methyl sites for hydroxylation is 1. The predicted octanol–water partition coefficient (Wildman–Crippen LogP) is 4.24. The van der Waals surface area contributed by atoms with E-state index in [1.54, 1.807) is 37.3 Å². The van der Waals surface area contributed by atoms with Gasteiger partial charge in [0.2, 0.25) is 0 Å². The Morgan fingerprint density at radius 3 is 2.72 bits per heavy atom. The van der Waals surface area contributed by atoms with Crippen molar-refractivity contribution in [2.75, 3.05) is 0 Å². The van der Waals surface area contributed by atoms with E-state index in [4.69, 9.17) is 11.6 Å². The van der Waals surface area contributed by atoms with Crippen molar-refractivity contribution in [1.82, 2.24) is 0 Å². The van der Waals surface area contributed by atoms with Gasteiger partial charge in [-0.3, -0.25) is 4.99 Å². The summed E-state index contributed by atoms with van der Waals surface area (Å²) in [5, 5.41) is 10.3. The average Bonchev–Trinajstić information content (AvgIpc) is 2.33. The molecule has 2 aromatic rings. The molecule has 0 amide bonds. The summed E-state index contributed by atoms with van der Waals surface area (Å²) < 4.78 is 13.3. The number of hydrogen-bond acceptors (Lipinski definition) is 2. The molecule has 2 rings (SSSR count). The molecule has 18 heavy (non-hydrogen) atoms. The van der Waals surface area contributed by atoms with Gasteiger partial charge in [-0.05, 0) is 36.8 Å². The minimum Gasteiger partial charge on any atom is -0.507 e. The maximum Gasteiger partial charge on any atom is 0.148 e. The van der Waals surface area contributed by atoms with Crippen LogP contribution in [-0.4, -0.2) is 11.3 Å². The van der Waals surface area contributed by atoms with Gasteiger partial charge in [-0.25, -0.2) is 4.39 Å². The minimum absolute atomic E-state index is 0.0967. The number of para-hydroxylation sites is 1. The minimum atomic E-state index is -0.410. The monoisotopic (exact) mass is 263 g/mol. The zero-order valence-corrected chi connectivity index (χ0v) is 10.4. The van der Waals surface area contributed by atoms with E-state index in [9.17, 15) is 9.50 Å². The highest BCUT2D eigenvalue weighted by Crippen LogP contribution is 2.26. The Kier molecular flexibility index (Phi) is 3.63. The van der Waals surface area contributed by atoms with Crippen molar-refractivity contribution in [3.8, 4) is 5.75 Å². The quantitative estimate of drug-likeness (QED) is 0.808. The number of rotatable bonds is 2. The molecule has 1 N–H and O–H groups in total. The second kappa shape index (κ2) is 5.19. The molecule has 0 aromatic heterocycles. The van der Waals surface area contributed by atoms with E-state index in [-0.39, 0.29) is 11.4 Å². The zero-order chi connectivity index (χ0) is 13.1. The summed E-state index contributed by atoms with van der Waals surface area (Å²) in [4.78, 5) is 4.00. The van der Waals surface area contributed by atoms with Crippen molar-refractivity contribution in [2.45, 2.75) is 6.92 Å². The van der Waals surface area contributed by atoms with Crippen molar-refractivity contribution >= 4 is 23.5 Å². The van der Waals surface area contributed by atoms with Gasteiger partial charge in [-0.15, -0.1) is 0 Å². The van der Waals surface area contributed by atoms with Gasteiger partial charge >= 0.3 is 0 Å². The molecule has 0 fully saturated rings. The fourth-order valence-corrected chi connectivity index (χ4v) is 1.84. The van der Waals surface area contributed by atoms with Crippen LogP contribution in [0.4, 0.5) is 10.1 Å². The van der Waals surface area contributed by atoms with E-state index in [1.807, 2.05) is 0 Å². The molecule has 0 aliphatic rings. The Hall–Kier alpha value is -1.87. The molecule has 0 unspecified atom stereocenters. The first-order valence-electron chi connectivity index (χ1n) is 5.35. The zero-order valence-electron chi connectivity index (χ0n) is 9.69. The Balaban J connectivity index is 2.38. The van der Waals surface area contributed by atoms with Gasteiger partial charge in [0.1, 0.15) is 11.6 Å². The van der Waals surface area contributed by atoms with Crippen molar-refractivity contribution in [3.05, 3.63) is 58.4 Å². The second-order valence-electron chi connectivity index (χ2n) is 3.87. The fourth-order valence-electron chi connectivity index (χ4n) is 1.56. The molecule has 4 heteroatoms. The lowest BCUT2D eigenvalue weighted by atomic mass is 10.1. The van der Waals surface area contributed by atoms with Gasteiger partial charge in [0.15, 0.2) is 0 Å². The topological polar surface area (TPSA) is 32.6 Å². The van der Waals surface area contributed by atoms with Gasteiger partial charge in [0.25, 0.3) is 0 Å². The number of hydrogen-bond donors (Lipinski definition) is 1. The molecule has 0 spiro atoms. The predicted molar refractivity (Wildman–Crippen MR) is 71.5 cm³/mol. The molecule has 92 valence electrons. The normalized spacial score (nSPS) is 11.1. The highest BCUT2D eigenvalue weighted by atomic mass is 35.5. The van der Waals surface area contributed by atoms with Crippen LogP contribution in [0.5, 0.6) is 5.75 Å². The van der Waals surface area contributed by atoms with E-state index >= 15 is 0 Å². The molecule has 2 nitrogen and oxygen atoms in total. The first-order valence-corrected chi connectivity index (χ1v) is 5.73. The molecule has 2 aromatic carbocycles. The number of benzene rings is 2. The Bertz CT molecular complexity index is 611. The van der Waals surface area contributed by atoms with Crippen LogP contribution in [0.2, 0.25) is 5.02 Å². The van der Waals surface area contributed by atoms with Crippen molar-refractivity contribution in [2.24, 2.45) is 4.99 Å². The van der Waals surface area contributed by atoms with Crippen LogP contribution in [0.1, 0.15) is 11.1 Å². The number of phenolic OH excluding ortho intramolecular Hbond substituents is 1.